The predicted molar refractivity (Wildman–Crippen MR) is 121 cm³/mol. The van der Waals surface area contributed by atoms with Gasteiger partial charge in [-0.2, -0.15) is 0 Å². The Kier molecular flexibility index (Phi) is 7.88. The third kappa shape index (κ3) is 5.33. The number of nitrogens with zero attached hydrogens (tertiary/aromatic N) is 6. The molecule has 2 aromatic rings. The Morgan fingerprint density at radius 1 is 1.37 bits per heavy atom. The lowest BCUT2D eigenvalue weighted by Gasteiger charge is -2.39. The van der Waals surface area contributed by atoms with Gasteiger partial charge < -0.3 is 19.7 Å². The summed E-state index contributed by atoms with van der Waals surface area (Å²) in [7, 11) is 5.86. The van der Waals surface area contributed by atoms with E-state index >= 15 is 0 Å². The molecule has 8 heteroatoms. The second kappa shape index (κ2) is 9.91. The van der Waals surface area contributed by atoms with Crippen molar-refractivity contribution in [2.45, 2.75) is 25.9 Å². The maximum Gasteiger partial charge on any atom is 0.193 e. The highest BCUT2D eigenvalue weighted by Gasteiger charge is 2.28. The molecule has 1 N–H and O–H groups in total. The van der Waals surface area contributed by atoms with Gasteiger partial charge in [0.25, 0.3) is 0 Å². The number of anilines is 1. The molecule has 0 aliphatic carbocycles. The molecule has 2 unspecified atom stereocenters. The number of halogens is 1. The van der Waals surface area contributed by atoms with Crippen molar-refractivity contribution in [1.29, 1.82) is 0 Å². The first kappa shape index (κ1) is 21.5. The second-order valence-corrected chi connectivity index (χ2v) is 7.11. The van der Waals surface area contributed by atoms with Crippen molar-refractivity contribution in [2.24, 2.45) is 10.9 Å². The molecular weight excluding hydrogens is 453 g/mol. The summed E-state index contributed by atoms with van der Waals surface area (Å²) in [5, 5.41) is 3.51. The molecule has 148 valence electrons. The minimum Gasteiger partial charge on any atom is -0.363 e. The molecule has 1 aliphatic rings. The fourth-order valence-corrected chi connectivity index (χ4v) is 3.42. The average molecular weight is 483 g/mol. The Labute approximate surface area is 178 Å². The molecular formula is C19H30IN7. The number of aromatic nitrogens is 3. The van der Waals surface area contributed by atoms with Crippen LogP contribution in [0, 0.1) is 5.92 Å². The molecule has 3 heterocycles. The summed E-state index contributed by atoms with van der Waals surface area (Å²) in [6, 6.07) is 4.57. The van der Waals surface area contributed by atoms with Gasteiger partial charge in [0.15, 0.2) is 5.96 Å². The van der Waals surface area contributed by atoms with Gasteiger partial charge in [-0.1, -0.05) is 6.92 Å². The van der Waals surface area contributed by atoms with Gasteiger partial charge in [-0.05, 0) is 30.0 Å². The summed E-state index contributed by atoms with van der Waals surface area (Å²) in [5.74, 6) is 2.54. The maximum atomic E-state index is 4.51. The van der Waals surface area contributed by atoms with Crippen molar-refractivity contribution in [2.75, 3.05) is 39.1 Å². The SMILES string of the molecule is CN=C(NCc1ccnc(N(C)C)c1)N1CCC(C)C(n2ccnc2)C1.I. The van der Waals surface area contributed by atoms with E-state index in [4.69, 9.17) is 0 Å². The van der Waals surface area contributed by atoms with E-state index in [-0.39, 0.29) is 24.0 Å². The Balaban J connectivity index is 0.00000261. The molecule has 1 aliphatic heterocycles. The van der Waals surface area contributed by atoms with E-state index < -0.39 is 0 Å². The van der Waals surface area contributed by atoms with Crippen LogP contribution in [-0.4, -0.2) is 59.6 Å². The number of pyridine rings is 1. The number of aliphatic imine (C=N–C) groups is 1. The van der Waals surface area contributed by atoms with E-state index in [1.54, 1.807) is 0 Å². The molecule has 1 fully saturated rings. The molecule has 0 spiro atoms. The number of hydrogen-bond acceptors (Lipinski definition) is 4. The van der Waals surface area contributed by atoms with Crippen LogP contribution < -0.4 is 10.2 Å². The van der Waals surface area contributed by atoms with Crippen molar-refractivity contribution in [3.8, 4) is 0 Å². The zero-order valence-electron chi connectivity index (χ0n) is 16.5. The number of piperidine rings is 1. The minimum absolute atomic E-state index is 0. The van der Waals surface area contributed by atoms with Crippen molar-refractivity contribution in [3.63, 3.8) is 0 Å². The van der Waals surface area contributed by atoms with E-state index in [0.29, 0.717) is 12.0 Å². The fourth-order valence-electron chi connectivity index (χ4n) is 3.42. The zero-order chi connectivity index (χ0) is 18.5. The summed E-state index contributed by atoms with van der Waals surface area (Å²) in [4.78, 5) is 17.4. The van der Waals surface area contributed by atoms with E-state index in [1.807, 2.05) is 50.8 Å². The van der Waals surface area contributed by atoms with Crippen LogP contribution in [-0.2, 0) is 6.54 Å². The Hall–Kier alpha value is -1.84. The summed E-state index contributed by atoms with van der Waals surface area (Å²) >= 11 is 0. The Morgan fingerprint density at radius 3 is 2.85 bits per heavy atom. The quantitative estimate of drug-likeness (QED) is 0.412. The molecule has 7 nitrogen and oxygen atoms in total. The molecule has 2 aromatic heterocycles. The lowest BCUT2D eigenvalue weighted by Crippen LogP contribution is -2.48. The summed E-state index contributed by atoms with van der Waals surface area (Å²) in [5.41, 5.74) is 1.20. The van der Waals surface area contributed by atoms with Crippen molar-refractivity contribution in [1.82, 2.24) is 24.8 Å². The fraction of sp³-hybridized carbons (Fsp3) is 0.526. The molecule has 0 radical (unpaired) electrons. The topological polar surface area (TPSA) is 61.6 Å². The highest BCUT2D eigenvalue weighted by atomic mass is 127. The van der Waals surface area contributed by atoms with E-state index in [0.717, 1.165) is 37.8 Å². The second-order valence-electron chi connectivity index (χ2n) is 7.11. The first-order valence-corrected chi connectivity index (χ1v) is 9.13. The normalized spacial score (nSPS) is 20.1. The van der Waals surface area contributed by atoms with Gasteiger partial charge >= 0.3 is 0 Å². The number of guanidine groups is 1. The van der Waals surface area contributed by atoms with Crippen molar-refractivity contribution in [3.05, 3.63) is 42.6 Å². The van der Waals surface area contributed by atoms with Gasteiger partial charge in [-0.15, -0.1) is 24.0 Å². The highest BCUT2D eigenvalue weighted by Crippen LogP contribution is 2.27. The number of likely N-dealkylation sites (tertiary alicyclic amines) is 1. The third-order valence-electron chi connectivity index (χ3n) is 5.06. The molecule has 1 saturated heterocycles. The lowest BCUT2D eigenvalue weighted by molar-refractivity contribution is 0.189. The first-order valence-electron chi connectivity index (χ1n) is 9.13. The van der Waals surface area contributed by atoms with Gasteiger partial charge in [0, 0.05) is 59.4 Å². The molecule has 0 bridgehead atoms. The molecule has 3 rings (SSSR count). The van der Waals surface area contributed by atoms with Crippen LogP contribution in [0.15, 0.2) is 42.0 Å². The van der Waals surface area contributed by atoms with Crippen LogP contribution in [0.5, 0.6) is 0 Å². The summed E-state index contributed by atoms with van der Waals surface area (Å²) in [6.45, 7) is 5.01. The molecule has 2 atom stereocenters. The Morgan fingerprint density at radius 2 is 2.19 bits per heavy atom. The minimum atomic E-state index is 0. The van der Waals surface area contributed by atoms with Gasteiger partial charge in [0.1, 0.15) is 5.82 Å². The van der Waals surface area contributed by atoms with Crippen molar-refractivity contribution < 1.29 is 0 Å². The standard InChI is InChI=1S/C19H29N7.HI/c1-15-6-9-25(13-17(15)26-10-8-21-14-26)19(20-2)23-12-16-5-7-22-18(11-16)24(3)4;/h5,7-8,10-11,14-15,17H,6,9,12-13H2,1-4H3,(H,20,23);1H. The molecule has 27 heavy (non-hydrogen) atoms. The number of nitrogens with one attached hydrogen (secondary N) is 1. The summed E-state index contributed by atoms with van der Waals surface area (Å²) in [6.07, 6.45) is 8.82. The van der Waals surface area contributed by atoms with Crippen LogP contribution in [0.2, 0.25) is 0 Å². The number of imidazole rings is 1. The zero-order valence-corrected chi connectivity index (χ0v) is 18.9. The van der Waals surface area contributed by atoms with E-state index in [2.05, 4.69) is 48.9 Å². The molecule has 0 amide bonds. The first-order chi connectivity index (χ1) is 12.6. The van der Waals surface area contributed by atoms with Crippen LogP contribution in [0.25, 0.3) is 0 Å². The lowest BCUT2D eigenvalue weighted by atomic mass is 9.93. The van der Waals surface area contributed by atoms with Gasteiger partial charge in [-0.25, -0.2) is 9.97 Å². The van der Waals surface area contributed by atoms with Gasteiger partial charge in [0.2, 0.25) is 0 Å². The largest absolute Gasteiger partial charge is 0.363 e. The van der Waals surface area contributed by atoms with Crippen LogP contribution >= 0.6 is 24.0 Å². The van der Waals surface area contributed by atoms with Crippen LogP contribution in [0.3, 0.4) is 0 Å². The highest BCUT2D eigenvalue weighted by molar-refractivity contribution is 14.0. The monoisotopic (exact) mass is 483 g/mol. The number of hydrogen-bond donors (Lipinski definition) is 1. The molecule has 0 saturated carbocycles. The van der Waals surface area contributed by atoms with Crippen molar-refractivity contribution >= 4 is 35.8 Å². The Bertz CT molecular complexity index is 729. The third-order valence-corrected chi connectivity index (χ3v) is 5.06. The van der Waals surface area contributed by atoms with Gasteiger partial charge in [0.05, 0.1) is 12.4 Å². The van der Waals surface area contributed by atoms with Crippen LogP contribution in [0.4, 0.5) is 5.82 Å². The van der Waals surface area contributed by atoms with Crippen LogP contribution in [0.1, 0.15) is 24.9 Å². The predicted octanol–water partition coefficient (Wildman–Crippen LogP) is 2.62. The number of rotatable bonds is 4. The smallest absolute Gasteiger partial charge is 0.193 e. The maximum absolute atomic E-state index is 4.51. The van der Waals surface area contributed by atoms with E-state index in [9.17, 15) is 0 Å². The summed E-state index contributed by atoms with van der Waals surface area (Å²) < 4.78 is 2.22. The average Bonchev–Trinajstić information content (AvgIpc) is 3.18. The van der Waals surface area contributed by atoms with E-state index in [1.165, 1.54) is 5.56 Å². The molecule has 0 aromatic carbocycles. The van der Waals surface area contributed by atoms with Gasteiger partial charge in [-0.3, -0.25) is 4.99 Å².